The van der Waals surface area contributed by atoms with Crippen LogP contribution in [0.4, 0.5) is 5.13 Å². The third kappa shape index (κ3) is 12.4. The summed E-state index contributed by atoms with van der Waals surface area (Å²) in [5.41, 5.74) is 8.13. The van der Waals surface area contributed by atoms with Crippen molar-refractivity contribution in [2.75, 3.05) is 18.6 Å². The summed E-state index contributed by atoms with van der Waals surface area (Å²) in [6, 6.07) is 33.2. The van der Waals surface area contributed by atoms with Gasteiger partial charge in [-0.2, -0.15) is 0 Å². The second kappa shape index (κ2) is 24.0. The Morgan fingerprint density at radius 1 is 0.847 bits per heavy atom. The maximum absolute atomic E-state index is 14.6. The molecule has 0 aliphatic carbocycles. The summed E-state index contributed by atoms with van der Waals surface area (Å²) in [4.78, 5) is 93.1. The molecule has 0 radical (unpaired) electrons. The largest absolute Gasteiger partial charge is 1.00 e. The summed E-state index contributed by atoms with van der Waals surface area (Å²) in [5, 5.41) is 7.70. The summed E-state index contributed by atoms with van der Waals surface area (Å²) < 4.78 is 29.7. The minimum absolute atomic E-state index is 0. The van der Waals surface area contributed by atoms with E-state index in [1.165, 1.54) is 40.2 Å². The van der Waals surface area contributed by atoms with Crippen molar-refractivity contribution in [3.8, 4) is 17.2 Å². The Morgan fingerprint density at radius 2 is 1.49 bits per heavy atom. The quantitative estimate of drug-likeness (QED) is 0.0240. The minimum atomic E-state index is -1.78. The number of aromatic nitrogens is 2. The van der Waals surface area contributed by atoms with E-state index in [0.717, 1.165) is 25.2 Å². The fraction of sp³-hybridized carbons (Fsp3) is 0.196. The van der Waals surface area contributed by atoms with Crippen LogP contribution in [0.15, 0.2) is 156 Å². The highest BCUT2D eigenvalue weighted by atomic mass is 127. The Kier molecular flexibility index (Phi) is 17.4. The van der Waals surface area contributed by atoms with Gasteiger partial charge in [0.05, 0.1) is 7.11 Å². The average molecular weight is 1120 g/mol. The van der Waals surface area contributed by atoms with Crippen molar-refractivity contribution >= 4 is 69.6 Å². The van der Waals surface area contributed by atoms with Gasteiger partial charge < -0.3 is 63.5 Å². The van der Waals surface area contributed by atoms with Gasteiger partial charge in [-0.1, -0.05) is 90.1 Å². The number of nitrogens with one attached hydrogen (secondary N) is 1. The number of oxime groups is 1. The van der Waals surface area contributed by atoms with Gasteiger partial charge in [0.2, 0.25) is 6.10 Å². The third-order valence-corrected chi connectivity index (χ3v) is 12.9. The molecule has 0 saturated carbocycles. The molecule has 0 unspecified atom stereocenters. The van der Waals surface area contributed by atoms with Crippen LogP contribution in [0.2, 0.25) is 0 Å². The normalized spacial score (nSPS) is 15.5. The molecule has 2 aliphatic rings. The molecule has 21 heteroatoms. The van der Waals surface area contributed by atoms with Crippen LogP contribution in [-0.2, 0) is 56.2 Å². The molecule has 72 heavy (non-hydrogen) atoms. The van der Waals surface area contributed by atoms with Gasteiger partial charge in [0.1, 0.15) is 35.2 Å². The number of ether oxygens (including phenoxy) is 5. The van der Waals surface area contributed by atoms with Crippen LogP contribution >= 0.6 is 23.1 Å². The Labute approximate surface area is 438 Å². The average Bonchev–Trinajstić information content (AvgIpc) is 3.81. The molecule has 2 aliphatic heterocycles. The molecule has 1 fully saturated rings. The number of esters is 4. The number of nitrogens with two attached hydrogens (primary N) is 1. The molecule has 1 saturated heterocycles. The van der Waals surface area contributed by atoms with E-state index in [1.54, 1.807) is 79.9 Å². The number of nitrogens with zero attached hydrogens (tertiary/aromatic N) is 4. The zero-order valence-corrected chi connectivity index (χ0v) is 42.5. The fourth-order valence-electron chi connectivity index (χ4n) is 7.57. The number of hydrogen-bond donors (Lipinski definition) is 2. The number of benzene rings is 4. The van der Waals surface area contributed by atoms with Crippen LogP contribution in [-0.4, -0.2) is 75.6 Å². The highest BCUT2D eigenvalue weighted by Crippen LogP contribution is 2.41. The number of methoxy groups -OCH3 is 1. The summed E-state index contributed by atoms with van der Waals surface area (Å²) in [5.74, 6) is -4.14. The third-order valence-electron chi connectivity index (χ3n) is 10.9. The van der Waals surface area contributed by atoms with E-state index in [2.05, 4.69) is 15.5 Å². The summed E-state index contributed by atoms with van der Waals surface area (Å²) in [7, 11) is 1.55. The highest BCUT2D eigenvalue weighted by Gasteiger charge is 2.55. The van der Waals surface area contributed by atoms with E-state index in [9.17, 15) is 28.8 Å². The maximum atomic E-state index is 14.6. The lowest BCUT2D eigenvalue weighted by Gasteiger charge is -2.49. The molecule has 8 rings (SSSR count). The lowest BCUT2D eigenvalue weighted by atomic mass is 10.0. The number of halogens is 1. The van der Waals surface area contributed by atoms with Crippen LogP contribution in [0.25, 0.3) is 0 Å². The predicted molar refractivity (Wildman–Crippen MR) is 258 cm³/mol. The second-order valence-electron chi connectivity index (χ2n) is 15.8. The molecule has 370 valence electrons. The number of hydrogen-bond acceptors (Lipinski definition) is 17. The zero-order valence-electron chi connectivity index (χ0n) is 38.7. The predicted octanol–water partition coefficient (Wildman–Crippen LogP) is 2.77. The van der Waals surface area contributed by atoms with Crippen LogP contribution < -0.4 is 53.8 Å². The Hall–Kier alpha value is -7.63. The van der Waals surface area contributed by atoms with E-state index in [4.69, 9.17) is 34.3 Å². The molecular weight excluding hydrogens is 1080 g/mol. The van der Waals surface area contributed by atoms with Crippen LogP contribution in [0.5, 0.6) is 17.2 Å². The molecule has 18 nitrogen and oxygen atoms in total. The van der Waals surface area contributed by atoms with Crippen molar-refractivity contribution in [3.05, 3.63) is 178 Å². The first kappa shape index (κ1) is 52.2. The second-order valence-corrected chi connectivity index (χ2v) is 17.8. The van der Waals surface area contributed by atoms with Gasteiger partial charge in [0, 0.05) is 48.2 Å². The zero-order chi connectivity index (χ0) is 50.0. The number of nitrogen functional groups attached to an aromatic ring is 1. The number of thioether (sulfide) groups is 1. The Morgan fingerprint density at radius 3 is 2.10 bits per heavy atom. The number of rotatable bonds is 18. The lowest BCUT2D eigenvalue weighted by Crippen LogP contribution is -3.00. The van der Waals surface area contributed by atoms with E-state index >= 15 is 0 Å². The van der Waals surface area contributed by atoms with Crippen molar-refractivity contribution in [1.82, 2.24) is 15.2 Å². The fourth-order valence-corrected chi connectivity index (χ4v) is 9.45. The number of pyridine rings is 1. The molecule has 4 aromatic carbocycles. The molecule has 0 bridgehead atoms. The first-order valence-corrected chi connectivity index (χ1v) is 23.8. The Bertz CT molecular complexity index is 2980. The lowest BCUT2D eigenvalue weighted by molar-refractivity contribution is -0.689. The minimum Gasteiger partial charge on any atom is -1.00 e. The molecule has 6 aromatic rings. The highest BCUT2D eigenvalue weighted by molar-refractivity contribution is 8.00. The van der Waals surface area contributed by atoms with Crippen LogP contribution in [0.1, 0.15) is 54.0 Å². The van der Waals surface area contributed by atoms with Gasteiger partial charge in [-0.05, 0) is 41.0 Å². The topological polar surface area (TPSA) is 228 Å². The van der Waals surface area contributed by atoms with Crippen LogP contribution in [0, 0.1) is 0 Å². The molecule has 3 atom stereocenters. The molecule has 2 amide bonds. The van der Waals surface area contributed by atoms with Crippen molar-refractivity contribution < 1.29 is 85.8 Å². The molecule has 0 spiro atoms. The van der Waals surface area contributed by atoms with E-state index < -0.39 is 65.0 Å². The number of amides is 2. The molecule has 4 heterocycles. The van der Waals surface area contributed by atoms with Crippen molar-refractivity contribution in [3.63, 3.8) is 0 Å². The number of fused-ring (bicyclic) bond motifs is 1. The monoisotopic (exact) mass is 1120 g/mol. The van der Waals surface area contributed by atoms with E-state index in [0.29, 0.717) is 33.8 Å². The van der Waals surface area contributed by atoms with Crippen LogP contribution in [0.3, 0.4) is 0 Å². The van der Waals surface area contributed by atoms with Gasteiger partial charge in [-0.3, -0.25) is 24.1 Å². The molecular formula is C51H45IN6O12S2. The van der Waals surface area contributed by atoms with Gasteiger partial charge in [0.15, 0.2) is 47.4 Å². The van der Waals surface area contributed by atoms with Crippen molar-refractivity contribution in [2.24, 2.45) is 5.16 Å². The van der Waals surface area contributed by atoms with E-state index in [-0.39, 0.29) is 70.7 Å². The first-order valence-electron chi connectivity index (χ1n) is 21.8. The van der Waals surface area contributed by atoms with Gasteiger partial charge >= 0.3 is 23.9 Å². The number of carbonyl (C=O) groups is 6. The SMILES string of the molecule is COc1ccc(COC(=O)C2=C(C[n+]3ccccc3)CS[C@@H]3[C@H](NC(=O)C(=NO[C@H](C(=O)OC(c4ccccc4)c4ccccc4)c4ccc(OC(C)=O)c(OC(C)=O)c4)c4csc(N)n4)C(=O)N23)cc1.[I-]. The number of carbonyl (C=O) groups excluding carboxylic acids is 6. The number of thiazole rings is 1. The molecule has 2 aromatic heterocycles. The smallest absolute Gasteiger partial charge is 0.355 e. The van der Waals surface area contributed by atoms with E-state index in [1.807, 2.05) is 47.3 Å². The number of anilines is 1. The van der Waals surface area contributed by atoms with Crippen molar-refractivity contribution in [1.29, 1.82) is 0 Å². The number of β-lactam (4-membered cyclic amide) rings is 1. The van der Waals surface area contributed by atoms with Gasteiger partial charge in [-0.25, -0.2) is 19.1 Å². The maximum Gasteiger partial charge on any atom is 0.355 e. The molecule has 3 N–H and O–H groups in total. The summed E-state index contributed by atoms with van der Waals surface area (Å²) in [6.45, 7) is 2.50. The van der Waals surface area contributed by atoms with Crippen molar-refractivity contribution in [2.45, 2.75) is 50.6 Å². The standard InChI is InChI=1S/C51H44N6O12S2.HI/c1-30(58)66-39-22-19-35(25-40(39)67-31(2)59)45(50(63)68-44(33-13-7-4-8-14-33)34-15-9-5-10-16-34)69-55-41(38-29-71-51(52)53-38)46(60)54-42-47(61)57-43(49(62)65-27-32-17-20-37(64-3)21-18-32)36(28-70-48(42)57)26-56-23-11-6-12-24-56;/h4-25,29,42,44-45,48H,26-28H2,1-3H3,(H2-,52,53,54,60);1H/t42-,45+,48-;/m1./s1. The van der Waals surface area contributed by atoms with Gasteiger partial charge in [-0.15, -0.1) is 23.1 Å². The summed E-state index contributed by atoms with van der Waals surface area (Å²) >= 11 is 2.34. The van der Waals surface area contributed by atoms with Gasteiger partial charge in [0.25, 0.3) is 11.8 Å². The Balaban J connectivity index is 0.00000760. The summed E-state index contributed by atoms with van der Waals surface area (Å²) in [6.07, 6.45) is 0.938. The first-order chi connectivity index (χ1) is 34.4.